The summed E-state index contributed by atoms with van der Waals surface area (Å²) in [5.41, 5.74) is 2.17. The van der Waals surface area contributed by atoms with Crippen LogP contribution in [0.5, 0.6) is 0 Å². The van der Waals surface area contributed by atoms with Gasteiger partial charge in [-0.3, -0.25) is 9.10 Å². The number of aryl methyl sites for hydroxylation is 1. The normalized spacial score (nSPS) is 14.8. The predicted octanol–water partition coefficient (Wildman–Crippen LogP) is 3.42. The fraction of sp³-hybridized carbons (Fsp3) is 0.350. The molecule has 0 bridgehead atoms. The van der Waals surface area contributed by atoms with Gasteiger partial charge in [0.2, 0.25) is 15.9 Å². The van der Waals surface area contributed by atoms with Gasteiger partial charge in [0.25, 0.3) is 0 Å². The van der Waals surface area contributed by atoms with Crippen molar-refractivity contribution in [2.45, 2.75) is 6.92 Å². The monoisotopic (exact) mass is 455 g/mol. The summed E-state index contributed by atoms with van der Waals surface area (Å²) in [4.78, 5) is 16.7. The van der Waals surface area contributed by atoms with Crippen LogP contribution in [-0.4, -0.2) is 58.2 Å². The van der Waals surface area contributed by atoms with Gasteiger partial charge in [0, 0.05) is 41.9 Å². The highest BCUT2D eigenvalue weighted by Gasteiger charge is 2.27. The van der Waals surface area contributed by atoms with Crippen molar-refractivity contribution in [2.75, 3.05) is 48.2 Å². The van der Waals surface area contributed by atoms with Gasteiger partial charge in [-0.2, -0.15) is 0 Å². The third-order valence-electron chi connectivity index (χ3n) is 4.92. The molecule has 0 aromatic heterocycles. The molecule has 156 valence electrons. The van der Waals surface area contributed by atoms with Gasteiger partial charge < -0.3 is 9.80 Å². The smallest absolute Gasteiger partial charge is 0.243 e. The summed E-state index contributed by atoms with van der Waals surface area (Å²) in [6, 6.07) is 12.6. The Labute approximate surface area is 181 Å². The molecule has 3 rings (SSSR count). The zero-order valence-electron chi connectivity index (χ0n) is 16.3. The van der Waals surface area contributed by atoms with Crippen LogP contribution in [0.3, 0.4) is 0 Å². The van der Waals surface area contributed by atoms with Crippen molar-refractivity contribution >= 4 is 50.5 Å². The van der Waals surface area contributed by atoms with E-state index < -0.39 is 10.0 Å². The molecule has 0 N–H and O–H groups in total. The highest BCUT2D eigenvalue weighted by molar-refractivity contribution is 7.92. The molecule has 0 aliphatic carbocycles. The van der Waals surface area contributed by atoms with Crippen LogP contribution < -0.4 is 9.21 Å². The number of carbonyl (C=O) groups excluding carboxylic acids is 1. The molecule has 1 saturated heterocycles. The zero-order chi connectivity index (χ0) is 21.2. The molecular formula is C20H23Cl2N3O3S. The lowest BCUT2D eigenvalue weighted by Crippen LogP contribution is -2.52. The Balaban J connectivity index is 1.70. The average Bonchev–Trinajstić information content (AvgIpc) is 2.67. The molecular weight excluding hydrogens is 433 g/mol. The molecule has 0 unspecified atom stereocenters. The van der Waals surface area contributed by atoms with E-state index in [1.165, 1.54) is 0 Å². The van der Waals surface area contributed by atoms with Crippen LogP contribution in [0.15, 0.2) is 42.5 Å². The number of hydrogen-bond acceptors (Lipinski definition) is 4. The van der Waals surface area contributed by atoms with Gasteiger partial charge in [-0.05, 0) is 42.8 Å². The van der Waals surface area contributed by atoms with Crippen LogP contribution in [0, 0.1) is 6.92 Å². The van der Waals surface area contributed by atoms with E-state index in [-0.39, 0.29) is 12.5 Å². The molecule has 1 fully saturated rings. The first kappa shape index (κ1) is 21.7. The number of anilines is 2. The maximum absolute atomic E-state index is 12.9. The Morgan fingerprint density at radius 1 is 1.03 bits per heavy atom. The lowest BCUT2D eigenvalue weighted by molar-refractivity contribution is -0.129. The summed E-state index contributed by atoms with van der Waals surface area (Å²) in [6.45, 7) is 3.87. The molecule has 1 amide bonds. The molecule has 2 aromatic rings. The SMILES string of the molecule is Cc1ccc(Cl)cc1N(CC(=O)N1CCN(c2cccc(Cl)c2)CC1)S(C)(=O)=O. The van der Waals surface area contributed by atoms with Gasteiger partial charge in [0.05, 0.1) is 11.9 Å². The molecule has 6 nitrogen and oxygen atoms in total. The maximum atomic E-state index is 12.9. The fourth-order valence-electron chi connectivity index (χ4n) is 3.34. The Kier molecular flexibility index (Phi) is 6.61. The highest BCUT2D eigenvalue weighted by Crippen LogP contribution is 2.27. The standard InChI is InChI=1S/C20H23Cl2N3O3S/c1-15-6-7-17(22)13-19(15)25(29(2,27)28)14-20(26)24-10-8-23(9-11-24)18-5-3-4-16(21)12-18/h3-7,12-13H,8-11,14H2,1-2H3. The zero-order valence-corrected chi connectivity index (χ0v) is 18.6. The van der Waals surface area contributed by atoms with Gasteiger partial charge in [0.15, 0.2) is 0 Å². The number of sulfonamides is 1. The average molecular weight is 456 g/mol. The molecule has 1 aliphatic rings. The van der Waals surface area contributed by atoms with E-state index in [1.54, 1.807) is 30.0 Å². The molecule has 1 aliphatic heterocycles. The number of rotatable bonds is 5. The Morgan fingerprint density at radius 3 is 2.31 bits per heavy atom. The number of carbonyl (C=O) groups is 1. The van der Waals surface area contributed by atoms with Gasteiger partial charge in [-0.15, -0.1) is 0 Å². The second-order valence-electron chi connectivity index (χ2n) is 7.05. The van der Waals surface area contributed by atoms with E-state index in [0.717, 1.165) is 21.8 Å². The first-order chi connectivity index (χ1) is 13.6. The summed E-state index contributed by atoms with van der Waals surface area (Å²) >= 11 is 12.1. The summed E-state index contributed by atoms with van der Waals surface area (Å²) in [5.74, 6) is -0.236. The first-order valence-corrected chi connectivity index (χ1v) is 11.8. The van der Waals surface area contributed by atoms with E-state index in [9.17, 15) is 13.2 Å². The lowest BCUT2D eigenvalue weighted by Gasteiger charge is -2.37. The quantitative estimate of drug-likeness (QED) is 0.692. The summed E-state index contributed by atoms with van der Waals surface area (Å²) in [5, 5.41) is 1.09. The third-order valence-corrected chi connectivity index (χ3v) is 6.52. The second-order valence-corrected chi connectivity index (χ2v) is 9.83. The van der Waals surface area contributed by atoms with E-state index >= 15 is 0 Å². The largest absolute Gasteiger partial charge is 0.368 e. The Hall–Kier alpha value is -1.96. The van der Waals surface area contributed by atoms with Crippen LogP contribution in [-0.2, 0) is 14.8 Å². The predicted molar refractivity (Wildman–Crippen MR) is 119 cm³/mol. The molecule has 0 spiro atoms. The van der Waals surface area contributed by atoms with Crippen molar-refractivity contribution in [3.05, 3.63) is 58.1 Å². The first-order valence-electron chi connectivity index (χ1n) is 9.17. The second kappa shape index (κ2) is 8.81. The lowest BCUT2D eigenvalue weighted by atomic mass is 10.2. The van der Waals surface area contributed by atoms with Crippen molar-refractivity contribution in [1.29, 1.82) is 0 Å². The molecule has 29 heavy (non-hydrogen) atoms. The summed E-state index contributed by atoms with van der Waals surface area (Å²) < 4.78 is 25.9. The topological polar surface area (TPSA) is 60.9 Å². The van der Waals surface area contributed by atoms with Crippen LogP contribution in [0.25, 0.3) is 0 Å². The minimum atomic E-state index is -3.65. The Morgan fingerprint density at radius 2 is 1.69 bits per heavy atom. The number of hydrogen-bond donors (Lipinski definition) is 0. The van der Waals surface area contributed by atoms with Crippen molar-refractivity contribution < 1.29 is 13.2 Å². The molecule has 1 heterocycles. The maximum Gasteiger partial charge on any atom is 0.243 e. The number of amides is 1. The number of piperazine rings is 1. The number of benzene rings is 2. The minimum Gasteiger partial charge on any atom is -0.368 e. The van der Waals surface area contributed by atoms with E-state index in [0.29, 0.717) is 41.9 Å². The van der Waals surface area contributed by atoms with Crippen molar-refractivity contribution in [3.8, 4) is 0 Å². The van der Waals surface area contributed by atoms with Gasteiger partial charge in [0.1, 0.15) is 6.54 Å². The number of nitrogens with zero attached hydrogens (tertiary/aromatic N) is 3. The molecule has 0 saturated carbocycles. The Bertz CT molecular complexity index is 1010. The van der Waals surface area contributed by atoms with Crippen molar-refractivity contribution in [1.82, 2.24) is 4.90 Å². The van der Waals surface area contributed by atoms with Gasteiger partial charge in [-0.25, -0.2) is 8.42 Å². The van der Waals surface area contributed by atoms with Crippen molar-refractivity contribution in [3.63, 3.8) is 0 Å². The van der Waals surface area contributed by atoms with Crippen LogP contribution >= 0.6 is 23.2 Å². The van der Waals surface area contributed by atoms with Gasteiger partial charge >= 0.3 is 0 Å². The van der Waals surface area contributed by atoms with Crippen LogP contribution in [0.2, 0.25) is 10.0 Å². The third kappa shape index (κ3) is 5.35. The van der Waals surface area contributed by atoms with E-state index in [4.69, 9.17) is 23.2 Å². The summed E-state index contributed by atoms with van der Waals surface area (Å²) in [7, 11) is -3.65. The van der Waals surface area contributed by atoms with Gasteiger partial charge in [-0.1, -0.05) is 35.3 Å². The van der Waals surface area contributed by atoms with Crippen LogP contribution in [0.1, 0.15) is 5.56 Å². The molecule has 0 radical (unpaired) electrons. The number of halogens is 2. The molecule has 0 atom stereocenters. The van der Waals surface area contributed by atoms with E-state index in [2.05, 4.69) is 4.90 Å². The fourth-order valence-corrected chi connectivity index (χ4v) is 4.59. The summed E-state index contributed by atoms with van der Waals surface area (Å²) in [6.07, 6.45) is 1.09. The van der Waals surface area contributed by atoms with Crippen LogP contribution in [0.4, 0.5) is 11.4 Å². The molecule has 9 heteroatoms. The minimum absolute atomic E-state index is 0.236. The highest BCUT2D eigenvalue weighted by atomic mass is 35.5. The van der Waals surface area contributed by atoms with E-state index in [1.807, 2.05) is 24.3 Å². The molecule has 2 aromatic carbocycles. The van der Waals surface area contributed by atoms with Crippen molar-refractivity contribution in [2.24, 2.45) is 0 Å².